The van der Waals surface area contributed by atoms with Crippen LogP contribution in [0, 0.1) is 0 Å². The Hall–Kier alpha value is -3.86. The third-order valence-electron chi connectivity index (χ3n) is 6.58. The Morgan fingerprint density at radius 2 is 1.82 bits per heavy atom. The Kier molecular flexibility index (Phi) is 6.43. The van der Waals surface area contributed by atoms with E-state index in [2.05, 4.69) is 46.3 Å². The predicted octanol–water partition coefficient (Wildman–Crippen LogP) is 5.34. The zero-order chi connectivity index (χ0) is 23.3. The molecule has 0 saturated heterocycles. The van der Waals surface area contributed by atoms with Crippen LogP contribution in [0.1, 0.15) is 51.4 Å². The zero-order valence-corrected chi connectivity index (χ0v) is 19.4. The van der Waals surface area contributed by atoms with E-state index in [4.69, 9.17) is 9.72 Å². The summed E-state index contributed by atoms with van der Waals surface area (Å²) < 4.78 is 7.53. The molecule has 1 aromatic heterocycles. The smallest absolute Gasteiger partial charge is 0.271 e. The molecule has 2 heterocycles. The lowest BCUT2D eigenvalue weighted by atomic mass is 9.91. The van der Waals surface area contributed by atoms with Gasteiger partial charge in [0.1, 0.15) is 17.3 Å². The third-order valence-corrected chi connectivity index (χ3v) is 6.58. The van der Waals surface area contributed by atoms with Crippen molar-refractivity contribution in [2.75, 3.05) is 7.11 Å². The number of amides is 1. The van der Waals surface area contributed by atoms with Gasteiger partial charge in [-0.25, -0.2) is 4.98 Å². The van der Waals surface area contributed by atoms with Gasteiger partial charge in [0.2, 0.25) is 0 Å². The number of nitrogens with zero attached hydrogens (tertiary/aromatic N) is 2. The Balaban J connectivity index is 1.33. The van der Waals surface area contributed by atoms with E-state index in [1.54, 1.807) is 7.11 Å². The molecule has 1 N–H and O–H groups in total. The van der Waals surface area contributed by atoms with Crippen molar-refractivity contribution in [3.63, 3.8) is 0 Å². The van der Waals surface area contributed by atoms with Gasteiger partial charge in [-0.05, 0) is 41.7 Å². The van der Waals surface area contributed by atoms with Crippen molar-refractivity contribution >= 4 is 5.91 Å². The van der Waals surface area contributed by atoms with Crippen molar-refractivity contribution < 1.29 is 9.53 Å². The highest BCUT2D eigenvalue weighted by Gasteiger charge is 2.25. The molecule has 5 rings (SSSR count). The van der Waals surface area contributed by atoms with Crippen molar-refractivity contribution in [3.8, 4) is 5.75 Å². The molecule has 1 amide bonds. The molecule has 34 heavy (non-hydrogen) atoms. The fraction of sp³-hybridized carbons (Fsp3) is 0.241. The lowest BCUT2D eigenvalue weighted by Gasteiger charge is -2.24. The van der Waals surface area contributed by atoms with E-state index in [0.717, 1.165) is 42.9 Å². The summed E-state index contributed by atoms with van der Waals surface area (Å²) >= 11 is 0. The maximum Gasteiger partial charge on any atom is 0.271 e. The van der Waals surface area contributed by atoms with Crippen molar-refractivity contribution in [3.05, 3.63) is 119 Å². The molecule has 0 bridgehead atoms. The van der Waals surface area contributed by atoms with E-state index in [9.17, 15) is 4.79 Å². The number of rotatable bonds is 7. The number of hydrogen-bond donors (Lipinski definition) is 1. The first kappa shape index (κ1) is 22.0. The number of methoxy groups -OCH3 is 1. The van der Waals surface area contributed by atoms with Crippen molar-refractivity contribution in [1.82, 2.24) is 14.9 Å². The van der Waals surface area contributed by atoms with Gasteiger partial charge in [-0.2, -0.15) is 0 Å². The number of nitrogens with one attached hydrogen (secondary N) is 1. The van der Waals surface area contributed by atoms with Gasteiger partial charge >= 0.3 is 0 Å². The number of benzene rings is 3. The molecule has 2 atom stereocenters. The first-order chi connectivity index (χ1) is 16.7. The molecule has 0 aliphatic carbocycles. The minimum Gasteiger partial charge on any atom is -0.497 e. The molecule has 0 spiro atoms. The van der Waals surface area contributed by atoms with Gasteiger partial charge in [0.05, 0.1) is 13.2 Å². The number of ether oxygens (including phenoxy) is 1. The Bertz CT molecular complexity index is 1250. The second-order valence-corrected chi connectivity index (χ2v) is 8.83. The molecule has 1 aliphatic heterocycles. The average molecular weight is 452 g/mol. The molecular formula is C29H29N3O2. The Morgan fingerprint density at radius 1 is 1.06 bits per heavy atom. The summed E-state index contributed by atoms with van der Waals surface area (Å²) in [6.45, 7) is 0.814. The Labute approximate surface area is 200 Å². The predicted molar refractivity (Wildman–Crippen MR) is 133 cm³/mol. The van der Waals surface area contributed by atoms with Gasteiger partial charge in [0.25, 0.3) is 5.91 Å². The van der Waals surface area contributed by atoms with E-state index in [-0.39, 0.29) is 11.9 Å². The molecule has 0 fully saturated rings. The van der Waals surface area contributed by atoms with Gasteiger partial charge < -0.3 is 14.6 Å². The third kappa shape index (κ3) is 4.88. The largest absolute Gasteiger partial charge is 0.497 e. The maximum absolute atomic E-state index is 13.3. The maximum atomic E-state index is 13.3. The van der Waals surface area contributed by atoms with E-state index < -0.39 is 0 Å². The molecule has 4 aromatic rings. The molecule has 0 saturated carbocycles. The molecule has 0 radical (unpaired) electrons. The van der Waals surface area contributed by atoms with E-state index >= 15 is 0 Å². The molecule has 0 unspecified atom stereocenters. The quantitative estimate of drug-likeness (QED) is 0.413. The van der Waals surface area contributed by atoms with E-state index in [1.165, 1.54) is 11.1 Å². The van der Waals surface area contributed by atoms with Crippen molar-refractivity contribution in [1.29, 1.82) is 0 Å². The summed E-state index contributed by atoms with van der Waals surface area (Å²) in [5.41, 5.74) is 4.01. The number of fused-ring (bicyclic) bond motifs is 1. The molecular weight excluding hydrogens is 422 g/mol. The van der Waals surface area contributed by atoms with Gasteiger partial charge in [-0.1, -0.05) is 72.8 Å². The minimum absolute atomic E-state index is 0.126. The summed E-state index contributed by atoms with van der Waals surface area (Å²) in [6, 6.07) is 28.5. The highest BCUT2D eigenvalue weighted by Crippen LogP contribution is 2.31. The standard InChI is InChI=1S/C29H29N3O2/c1-34-25-14-8-13-23(18-25)24-15-16-28-30-27(20-32(28)19-24)29(33)31-26(22-11-6-3-7-12-22)17-21-9-4-2-5-10-21/h2-14,18,20,24,26H,15-17,19H2,1H3,(H,31,33)/t24-,26-/m1/s1. The number of imidazole rings is 1. The van der Waals surface area contributed by atoms with Crippen molar-refractivity contribution in [2.24, 2.45) is 0 Å². The normalized spacial score (nSPS) is 15.9. The molecule has 5 heteroatoms. The SMILES string of the molecule is COc1cccc([C@@H]2CCc3nc(C(=O)N[C@H](Cc4ccccc4)c4ccccc4)cn3C2)c1. The monoisotopic (exact) mass is 451 g/mol. The van der Waals surface area contributed by atoms with Gasteiger partial charge in [0.15, 0.2) is 0 Å². The summed E-state index contributed by atoms with van der Waals surface area (Å²) in [7, 11) is 1.69. The lowest BCUT2D eigenvalue weighted by Crippen LogP contribution is -2.30. The minimum atomic E-state index is -0.135. The van der Waals surface area contributed by atoms with E-state index in [0.29, 0.717) is 11.6 Å². The lowest BCUT2D eigenvalue weighted by molar-refractivity contribution is 0.0931. The van der Waals surface area contributed by atoms with Crippen LogP contribution in [-0.2, 0) is 19.4 Å². The summed E-state index contributed by atoms with van der Waals surface area (Å²) in [6.07, 6.45) is 4.48. The first-order valence-electron chi connectivity index (χ1n) is 11.8. The van der Waals surface area contributed by atoms with Gasteiger partial charge in [-0.3, -0.25) is 4.79 Å². The van der Waals surface area contributed by atoms with E-state index in [1.807, 2.05) is 54.7 Å². The number of aryl methyl sites for hydroxylation is 1. The second-order valence-electron chi connectivity index (χ2n) is 8.83. The second kappa shape index (κ2) is 9.96. The van der Waals surface area contributed by atoms with Crippen LogP contribution in [0.5, 0.6) is 5.75 Å². The number of carbonyl (C=O) groups is 1. The number of carbonyl (C=O) groups excluding carboxylic acids is 1. The fourth-order valence-electron chi connectivity index (χ4n) is 4.74. The topological polar surface area (TPSA) is 56.1 Å². The van der Waals surface area contributed by atoms with Gasteiger partial charge in [-0.15, -0.1) is 0 Å². The van der Waals surface area contributed by atoms with Crippen LogP contribution in [0.3, 0.4) is 0 Å². The highest BCUT2D eigenvalue weighted by atomic mass is 16.5. The molecule has 3 aromatic carbocycles. The van der Waals surface area contributed by atoms with Crippen LogP contribution in [0.15, 0.2) is 91.1 Å². The summed E-state index contributed by atoms with van der Waals surface area (Å²) in [5.74, 6) is 2.09. The highest BCUT2D eigenvalue weighted by molar-refractivity contribution is 5.92. The fourth-order valence-corrected chi connectivity index (χ4v) is 4.74. The number of aromatic nitrogens is 2. The average Bonchev–Trinajstić information content (AvgIpc) is 3.33. The van der Waals surface area contributed by atoms with Crippen LogP contribution in [-0.4, -0.2) is 22.6 Å². The molecule has 1 aliphatic rings. The Morgan fingerprint density at radius 3 is 2.59 bits per heavy atom. The van der Waals surface area contributed by atoms with Gasteiger partial charge in [0, 0.05) is 25.1 Å². The van der Waals surface area contributed by atoms with Crippen LogP contribution in [0.25, 0.3) is 0 Å². The van der Waals surface area contributed by atoms with Crippen LogP contribution < -0.4 is 10.1 Å². The molecule has 172 valence electrons. The van der Waals surface area contributed by atoms with Crippen LogP contribution in [0.2, 0.25) is 0 Å². The van der Waals surface area contributed by atoms with Crippen molar-refractivity contribution in [2.45, 2.75) is 37.8 Å². The van der Waals surface area contributed by atoms with Crippen LogP contribution in [0.4, 0.5) is 0 Å². The number of hydrogen-bond acceptors (Lipinski definition) is 3. The van der Waals surface area contributed by atoms with Crippen LogP contribution >= 0.6 is 0 Å². The summed E-state index contributed by atoms with van der Waals surface area (Å²) in [5, 5.41) is 3.23. The zero-order valence-electron chi connectivity index (χ0n) is 19.4. The summed E-state index contributed by atoms with van der Waals surface area (Å²) in [4.78, 5) is 18.0. The molecule has 5 nitrogen and oxygen atoms in total. The first-order valence-corrected chi connectivity index (χ1v) is 11.8.